The number of nitrogens with one attached hydrogen (secondary N) is 1. The van der Waals surface area contributed by atoms with E-state index in [-0.39, 0.29) is 5.56 Å². The van der Waals surface area contributed by atoms with E-state index >= 15 is 0 Å². The van der Waals surface area contributed by atoms with Crippen molar-refractivity contribution in [2.24, 2.45) is 5.84 Å². The van der Waals surface area contributed by atoms with Crippen LogP contribution in [0.5, 0.6) is 0 Å². The van der Waals surface area contributed by atoms with Crippen LogP contribution in [0.1, 0.15) is 33.9 Å². The predicted molar refractivity (Wildman–Crippen MR) is 74.3 cm³/mol. The fraction of sp³-hybridized carbons (Fsp3) is 0.267. The lowest BCUT2D eigenvalue weighted by Gasteiger charge is -2.22. The molecule has 0 aliphatic carbocycles. The maximum Gasteiger partial charge on any atom is 0.416 e. The Balaban J connectivity index is 2.60. The maximum atomic E-state index is 13.1. The van der Waals surface area contributed by atoms with Gasteiger partial charge >= 0.3 is 6.18 Å². The van der Waals surface area contributed by atoms with Crippen molar-refractivity contribution in [2.45, 2.75) is 26.1 Å². The van der Waals surface area contributed by atoms with Crippen LogP contribution in [0.3, 0.4) is 0 Å². The van der Waals surface area contributed by atoms with Gasteiger partial charge in [-0.05, 0) is 31.0 Å². The van der Waals surface area contributed by atoms with Gasteiger partial charge in [-0.3, -0.25) is 10.8 Å². The zero-order valence-corrected chi connectivity index (χ0v) is 11.7. The first-order valence-corrected chi connectivity index (χ1v) is 6.39. The first-order valence-electron chi connectivity index (χ1n) is 6.39. The summed E-state index contributed by atoms with van der Waals surface area (Å²) >= 11 is 0. The molecule has 0 fully saturated rings. The molecule has 0 spiro atoms. The molecule has 1 aromatic carbocycles. The van der Waals surface area contributed by atoms with Gasteiger partial charge in [0.1, 0.15) is 0 Å². The molecule has 0 bridgehead atoms. The summed E-state index contributed by atoms with van der Waals surface area (Å²) in [6.07, 6.45) is -2.12. The molecule has 3 nitrogen and oxygen atoms in total. The van der Waals surface area contributed by atoms with Gasteiger partial charge in [-0.1, -0.05) is 23.8 Å². The van der Waals surface area contributed by atoms with Gasteiger partial charge in [0.25, 0.3) is 0 Å². The average Bonchev–Trinajstić information content (AvgIpc) is 2.43. The van der Waals surface area contributed by atoms with Gasteiger partial charge in [-0.15, -0.1) is 0 Å². The van der Waals surface area contributed by atoms with Gasteiger partial charge < -0.3 is 0 Å². The van der Waals surface area contributed by atoms with Gasteiger partial charge in [-0.2, -0.15) is 13.2 Å². The number of nitrogens with zero attached hydrogens (tertiary/aromatic N) is 1. The number of hydrogen-bond donors (Lipinski definition) is 2. The largest absolute Gasteiger partial charge is 0.416 e. The molecule has 1 aromatic heterocycles. The van der Waals surface area contributed by atoms with Gasteiger partial charge in [-0.25, -0.2) is 5.43 Å². The minimum absolute atomic E-state index is 0.0150. The molecule has 0 saturated carbocycles. The number of halogens is 3. The monoisotopic (exact) mass is 295 g/mol. The van der Waals surface area contributed by atoms with Crippen molar-refractivity contribution in [2.75, 3.05) is 0 Å². The van der Waals surface area contributed by atoms with E-state index in [4.69, 9.17) is 5.84 Å². The van der Waals surface area contributed by atoms with Crippen LogP contribution < -0.4 is 11.3 Å². The molecule has 0 aliphatic heterocycles. The first kappa shape index (κ1) is 15.5. The number of rotatable bonds is 3. The van der Waals surface area contributed by atoms with E-state index in [2.05, 4.69) is 10.4 Å². The van der Waals surface area contributed by atoms with E-state index < -0.39 is 17.8 Å². The molecule has 0 saturated heterocycles. The van der Waals surface area contributed by atoms with Gasteiger partial charge in [0.2, 0.25) is 0 Å². The van der Waals surface area contributed by atoms with E-state index in [9.17, 15) is 13.2 Å². The Morgan fingerprint density at radius 1 is 1.14 bits per heavy atom. The highest BCUT2D eigenvalue weighted by Gasteiger charge is 2.35. The molecule has 1 heterocycles. The number of aromatic nitrogens is 1. The Hall–Kier alpha value is -1.92. The molecule has 21 heavy (non-hydrogen) atoms. The van der Waals surface area contributed by atoms with Crippen LogP contribution in [0.25, 0.3) is 0 Å². The fourth-order valence-corrected chi connectivity index (χ4v) is 2.31. The summed E-state index contributed by atoms with van der Waals surface area (Å²) in [5.74, 6) is 5.52. The van der Waals surface area contributed by atoms with E-state index in [0.717, 1.165) is 23.4 Å². The highest BCUT2D eigenvalue weighted by molar-refractivity contribution is 5.41. The van der Waals surface area contributed by atoms with E-state index in [1.165, 1.54) is 6.20 Å². The normalized spacial score (nSPS) is 13.2. The molecule has 2 rings (SSSR count). The first-order chi connectivity index (χ1) is 9.84. The molecule has 0 radical (unpaired) electrons. The quantitative estimate of drug-likeness (QED) is 0.675. The zero-order valence-electron chi connectivity index (χ0n) is 11.7. The Kier molecular flexibility index (Phi) is 4.29. The molecule has 6 heteroatoms. The molecule has 112 valence electrons. The smallest absolute Gasteiger partial charge is 0.271 e. The van der Waals surface area contributed by atoms with Gasteiger partial charge in [0, 0.05) is 18.0 Å². The van der Waals surface area contributed by atoms with Crippen LogP contribution in [-0.2, 0) is 6.18 Å². The number of aryl methyl sites for hydroxylation is 2. The van der Waals surface area contributed by atoms with Crippen molar-refractivity contribution in [3.63, 3.8) is 0 Å². The lowest BCUT2D eigenvalue weighted by molar-refractivity contribution is -0.138. The third-order valence-electron chi connectivity index (χ3n) is 3.38. The molecule has 2 aromatic rings. The summed E-state index contributed by atoms with van der Waals surface area (Å²) in [4.78, 5) is 3.81. The van der Waals surface area contributed by atoms with E-state index in [0.29, 0.717) is 5.56 Å². The second-order valence-corrected chi connectivity index (χ2v) is 4.92. The highest BCUT2D eigenvalue weighted by atomic mass is 19.4. The zero-order chi connectivity index (χ0) is 15.6. The van der Waals surface area contributed by atoms with Crippen molar-refractivity contribution < 1.29 is 13.2 Å². The van der Waals surface area contributed by atoms with Gasteiger partial charge in [0.15, 0.2) is 0 Å². The number of alkyl halides is 3. The molecular weight excluding hydrogens is 279 g/mol. The highest BCUT2D eigenvalue weighted by Crippen LogP contribution is 2.36. The number of nitrogens with two attached hydrogens (primary N) is 1. The van der Waals surface area contributed by atoms with Crippen molar-refractivity contribution in [1.29, 1.82) is 0 Å². The minimum atomic E-state index is -4.45. The summed E-state index contributed by atoms with van der Waals surface area (Å²) < 4.78 is 39.4. The third-order valence-corrected chi connectivity index (χ3v) is 3.38. The summed E-state index contributed by atoms with van der Waals surface area (Å²) in [6.45, 7) is 3.72. The SMILES string of the molecule is Cc1ccc(C)c(C(NN)c2cnccc2C(F)(F)F)c1. The Bertz CT molecular complexity index is 638. The van der Waals surface area contributed by atoms with E-state index in [1.54, 1.807) is 0 Å². The number of pyridine rings is 1. The van der Waals surface area contributed by atoms with Crippen LogP contribution in [0.15, 0.2) is 36.7 Å². The minimum Gasteiger partial charge on any atom is -0.271 e. The average molecular weight is 295 g/mol. The molecule has 1 unspecified atom stereocenters. The summed E-state index contributed by atoms with van der Waals surface area (Å²) in [7, 11) is 0. The Morgan fingerprint density at radius 2 is 1.86 bits per heavy atom. The maximum absolute atomic E-state index is 13.1. The molecular formula is C15H16F3N3. The second kappa shape index (κ2) is 5.83. The Morgan fingerprint density at radius 3 is 2.48 bits per heavy atom. The summed E-state index contributed by atoms with van der Waals surface area (Å²) in [5.41, 5.74) is 4.27. The van der Waals surface area contributed by atoms with Crippen LogP contribution in [0, 0.1) is 13.8 Å². The van der Waals surface area contributed by atoms with E-state index in [1.807, 2.05) is 32.0 Å². The lowest BCUT2D eigenvalue weighted by Crippen LogP contribution is -2.31. The molecule has 1 atom stereocenters. The third kappa shape index (κ3) is 3.22. The molecule has 0 amide bonds. The van der Waals surface area contributed by atoms with Crippen LogP contribution in [-0.4, -0.2) is 4.98 Å². The van der Waals surface area contributed by atoms with Crippen molar-refractivity contribution in [3.05, 3.63) is 64.5 Å². The topological polar surface area (TPSA) is 50.9 Å². The lowest BCUT2D eigenvalue weighted by atomic mass is 9.92. The second-order valence-electron chi connectivity index (χ2n) is 4.92. The summed E-state index contributed by atoms with van der Waals surface area (Å²) in [5, 5.41) is 0. The fourth-order valence-electron chi connectivity index (χ4n) is 2.31. The number of hydrogen-bond acceptors (Lipinski definition) is 3. The van der Waals surface area contributed by atoms with Crippen LogP contribution >= 0.6 is 0 Å². The van der Waals surface area contributed by atoms with Crippen molar-refractivity contribution in [3.8, 4) is 0 Å². The van der Waals surface area contributed by atoms with Gasteiger partial charge in [0.05, 0.1) is 11.6 Å². The standard InChI is InChI=1S/C15H16F3N3/c1-9-3-4-10(2)11(7-9)14(21-19)12-8-20-6-5-13(12)15(16,17)18/h3-8,14,21H,19H2,1-2H3. The molecule has 3 N–H and O–H groups in total. The van der Waals surface area contributed by atoms with Crippen molar-refractivity contribution in [1.82, 2.24) is 10.4 Å². The number of benzene rings is 1. The molecule has 0 aliphatic rings. The van der Waals surface area contributed by atoms with Crippen LogP contribution in [0.2, 0.25) is 0 Å². The Labute approximate surface area is 121 Å². The van der Waals surface area contributed by atoms with Crippen LogP contribution in [0.4, 0.5) is 13.2 Å². The van der Waals surface area contributed by atoms with Crippen molar-refractivity contribution >= 4 is 0 Å². The number of hydrazine groups is 1. The summed E-state index contributed by atoms with van der Waals surface area (Å²) in [6, 6.07) is 5.78. The predicted octanol–water partition coefficient (Wildman–Crippen LogP) is 3.27.